The molecule has 0 atom stereocenters. The van der Waals surface area contributed by atoms with E-state index in [1.54, 1.807) is 11.9 Å². The lowest BCUT2D eigenvalue weighted by Crippen LogP contribution is -2.51. The first kappa shape index (κ1) is 10.4. The molecule has 0 aromatic rings. The second-order valence-corrected chi connectivity index (χ2v) is 4.20. The van der Waals surface area contributed by atoms with Gasteiger partial charge in [0, 0.05) is 33.2 Å². The Morgan fingerprint density at radius 3 is 2.33 bits per heavy atom. The Balaban J connectivity index is 2.03. The second-order valence-electron chi connectivity index (χ2n) is 4.20. The quantitative estimate of drug-likeness (QED) is 0.573. The maximum atomic E-state index is 12.1. The number of hydrogen-bond acceptors (Lipinski definition) is 3. The molecular formula is C10H17N3O2. The molecule has 0 radical (unpaired) electrons. The Morgan fingerprint density at radius 1 is 1.27 bits per heavy atom. The molecule has 0 unspecified atom stereocenters. The van der Waals surface area contributed by atoms with E-state index >= 15 is 0 Å². The van der Waals surface area contributed by atoms with Gasteiger partial charge in [-0.05, 0) is 12.8 Å². The summed E-state index contributed by atoms with van der Waals surface area (Å²) in [4.78, 5) is 25.5. The summed E-state index contributed by atoms with van der Waals surface area (Å²) >= 11 is 0. The van der Waals surface area contributed by atoms with Crippen LogP contribution in [0.25, 0.3) is 0 Å². The fourth-order valence-corrected chi connectivity index (χ4v) is 2.07. The van der Waals surface area contributed by atoms with Gasteiger partial charge >= 0.3 is 0 Å². The third kappa shape index (κ3) is 1.71. The second kappa shape index (κ2) is 3.81. The van der Waals surface area contributed by atoms with Crippen molar-refractivity contribution in [3.63, 3.8) is 0 Å². The number of hydrogen-bond donors (Lipinski definition) is 2. The minimum Gasteiger partial charge on any atom is -0.358 e. The third-order valence-corrected chi connectivity index (χ3v) is 3.23. The van der Waals surface area contributed by atoms with Crippen LogP contribution in [0.15, 0.2) is 0 Å². The van der Waals surface area contributed by atoms with Crippen LogP contribution < -0.4 is 10.6 Å². The van der Waals surface area contributed by atoms with Crippen LogP contribution in [-0.4, -0.2) is 49.9 Å². The van der Waals surface area contributed by atoms with E-state index in [-0.39, 0.29) is 11.8 Å². The summed E-state index contributed by atoms with van der Waals surface area (Å²) in [5.74, 6) is -0.102. The van der Waals surface area contributed by atoms with E-state index in [2.05, 4.69) is 10.6 Å². The molecule has 2 fully saturated rings. The van der Waals surface area contributed by atoms with Gasteiger partial charge in [0.25, 0.3) is 0 Å². The van der Waals surface area contributed by atoms with Gasteiger partial charge in [-0.25, -0.2) is 0 Å². The van der Waals surface area contributed by atoms with Gasteiger partial charge in [0.2, 0.25) is 11.8 Å². The molecule has 5 nitrogen and oxygen atoms in total. The van der Waals surface area contributed by atoms with E-state index < -0.39 is 5.41 Å². The Morgan fingerprint density at radius 2 is 1.87 bits per heavy atom. The molecule has 0 spiro atoms. The van der Waals surface area contributed by atoms with Gasteiger partial charge in [-0.15, -0.1) is 0 Å². The summed E-state index contributed by atoms with van der Waals surface area (Å²) in [5.41, 5.74) is -0.716. The first-order chi connectivity index (χ1) is 7.20. The number of carbonyl (C=O) groups excluding carboxylic acids is 2. The van der Waals surface area contributed by atoms with Gasteiger partial charge in [0.05, 0.1) is 0 Å². The van der Waals surface area contributed by atoms with E-state index in [0.717, 1.165) is 26.2 Å². The predicted molar refractivity (Wildman–Crippen MR) is 55.2 cm³/mol. The van der Waals surface area contributed by atoms with Crippen molar-refractivity contribution in [2.24, 2.45) is 5.41 Å². The lowest BCUT2D eigenvalue weighted by atomic mass is 10.0. The molecule has 1 aliphatic carbocycles. The van der Waals surface area contributed by atoms with Crippen LogP contribution in [-0.2, 0) is 9.59 Å². The molecule has 1 aliphatic heterocycles. The van der Waals surface area contributed by atoms with Crippen LogP contribution in [0.2, 0.25) is 0 Å². The molecule has 5 heteroatoms. The van der Waals surface area contributed by atoms with Crippen molar-refractivity contribution in [3.8, 4) is 0 Å². The first-order valence-corrected chi connectivity index (χ1v) is 5.43. The molecule has 0 aromatic heterocycles. The maximum Gasteiger partial charge on any atom is 0.238 e. The highest BCUT2D eigenvalue weighted by Gasteiger charge is 2.57. The molecule has 2 rings (SSSR count). The molecule has 15 heavy (non-hydrogen) atoms. The van der Waals surface area contributed by atoms with Crippen molar-refractivity contribution in [2.45, 2.75) is 12.8 Å². The number of carbonyl (C=O) groups is 2. The molecule has 1 saturated carbocycles. The van der Waals surface area contributed by atoms with Crippen LogP contribution in [0, 0.1) is 5.41 Å². The molecule has 2 aliphatic rings. The summed E-state index contributed by atoms with van der Waals surface area (Å²) in [6.45, 7) is 3.10. The predicted octanol–water partition coefficient (Wildman–Crippen LogP) is -1.06. The number of nitrogens with one attached hydrogen (secondary N) is 2. The Labute approximate surface area is 89.2 Å². The monoisotopic (exact) mass is 211 g/mol. The number of piperazine rings is 1. The summed E-state index contributed by atoms with van der Waals surface area (Å²) < 4.78 is 0. The SMILES string of the molecule is CNC(=O)C1(C(=O)N2CCNCC2)CC1. The Bertz CT molecular complexity index is 280. The van der Waals surface area contributed by atoms with Gasteiger partial charge in [-0.1, -0.05) is 0 Å². The van der Waals surface area contributed by atoms with Crippen molar-refractivity contribution >= 4 is 11.8 Å². The first-order valence-electron chi connectivity index (χ1n) is 5.43. The van der Waals surface area contributed by atoms with Gasteiger partial charge in [-0.2, -0.15) is 0 Å². The van der Waals surface area contributed by atoms with E-state index in [9.17, 15) is 9.59 Å². The lowest BCUT2D eigenvalue weighted by Gasteiger charge is -2.30. The molecule has 0 bridgehead atoms. The van der Waals surface area contributed by atoms with Crippen molar-refractivity contribution in [2.75, 3.05) is 33.2 Å². The van der Waals surface area contributed by atoms with Crippen molar-refractivity contribution in [3.05, 3.63) is 0 Å². The average Bonchev–Trinajstić information content (AvgIpc) is 3.09. The Kier molecular flexibility index (Phi) is 2.65. The summed E-state index contributed by atoms with van der Waals surface area (Å²) in [6, 6.07) is 0. The van der Waals surface area contributed by atoms with Crippen LogP contribution in [0.3, 0.4) is 0 Å². The number of amides is 2. The van der Waals surface area contributed by atoms with Gasteiger partial charge in [0.1, 0.15) is 5.41 Å². The Hall–Kier alpha value is -1.10. The minimum atomic E-state index is -0.716. The smallest absolute Gasteiger partial charge is 0.238 e. The fourth-order valence-electron chi connectivity index (χ4n) is 2.07. The van der Waals surface area contributed by atoms with Crippen LogP contribution in [0.5, 0.6) is 0 Å². The zero-order valence-electron chi connectivity index (χ0n) is 9.01. The van der Waals surface area contributed by atoms with E-state index in [1.165, 1.54) is 0 Å². The summed E-state index contributed by atoms with van der Waals surface area (Å²) in [6.07, 6.45) is 1.41. The lowest BCUT2D eigenvalue weighted by molar-refractivity contribution is -0.144. The highest BCUT2D eigenvalue weighted by Crippen LogP contribution is 2.47. The van der Waals surface area contributed by atoms with E-state index in [4.69, 9.17) is 0 Å². The van der Waals surface area contributed by atoms with E-state index in [1.807, 2.05) is 0 Å². The molecule has 1 saturated heterocycles. The molecule has 84 valence electrons. The molecule has 2 amide bonds. The average molecular weight is 211 g/mol. The molecule has 2 N–H and O–H groups in total. The van der Waals surface area contributed by atoms with E-state index in [0.29, 0.717) is 12.8 Å². The topological polar surface area (TPSA) is 61.4 Å². The largest absolute Gasteiger partial charge is 0.358 e. The zero-order valence-corrected chi connectivity index (χ0v) is 9.01. The highest BCUT2D eigenvalue weighted by atomic mass is 16.2. The molecular weight excluding hydrogens is 194 g/mol. The zero-order chi connectivity index (χ0) is 10.9. The van der Waals surface area contributed by atoms with Gasteiger partial charge in [0.15, 0.2) is 0 Å². The fraction of sp³-hybridized carbons (Fsp3) is 0.800. The van der Waals surface area contributed by atoms with Crippen molar-refractivity contribution in [1.29, 1.82) is 0 Å². The summed E-state index contributed by atoms with van der Waals surface area (Å²) in [7, 11) is 1.59. The molecule has 0 aromatic carbocycles. The van der Waals surface area contributed by atoms with Crippen molar-refractivity contribution < 1.29 is 9.59 Å². The number of rotatable bonds is 2. The third-order valence-electron chi connectivity index (χ3n) is 3.23. The normalized spacial score (nSPS) is 23.4. The standard InChI is InChI=1S/C10H17N3O2/c1-11-8(14)10(2-3-10)9(15)13-6-4-12-5-7-13/h12H,2-7H2,1H3,(H,11,14). The molecule has 1 heterocycles. The van der Waals surface area contributed by atoms with Crippen LogP contribution >= 0.6 is 0 Å². The number of nitrogens with zero attached hydrogens (tertiary/aromatic N) is 1. The van der Waals surface area contributed by atoms with Crippen LogP contribution in [0.4, 0.5) is 0 Å². The van der Waals surface area contributed by atoms with Crippen molar-refractivity contribution in [1.82, 2.24) is 15.5 Å². The minimum absolute atomic E-state index is 0.0170. The highest BCUT2D eigenvalue weighted by molar-refractivity contribution is 6.07. The van der Waals surface area contributed by atoms with Crippen LogP contribution in [0.1, 0.15) is 12.8 Å². The maximum absolute atomic E-state index is 12.1. The summed E-state index contributed by atoms with van der Waals surface area (Å²) in [5, 5.41) is 5.78. The van der Waals surface area contributed by atoms with Gasteiger partial charge in [-0.3, -0.25) is 9.59 Å². The van der Waals surface area contributed by atoms with Gasteiger partial charge < -0.3 is 15.5 Å².